The molecule has 0 fully saturated rings. The van der Waals surface area contributed by atoms with Gasteiger partial charge in [0.05, 0.1) is 4.92 Å². The average Bonchev–Trinajstić information content (AvgIpc) is 3.03. The van der Waals surface area contributed by atoms with Crippen molar-refractivity contribution in [1.82, 2.24) is 0 Å². The lowest BCUT2D eigenvalue weighted by Crippen LogP contribution is -2.21. The van der Waals surface area contributed by atoms with E-state index in [1.807, 2.05) is 6.07 Å². The number of nitro groups is 1. The molecule has 0 radical (unpaired) electrons. The Kier molecular flexibility index (Phi) is 6.41. The summed E-state index contributed by atoms with van der Waals surface area (Å²) in [5.74, 6) is -1.15. The molecular formula is C20H22N2O5S. The molecule has 7 nitrogen and oxygen atoms in total. The lowest BCUT2D eigenvalue weighted by Gasteiger charge is -2.09. The van der Waals surface area contributed by atoms with Gasteiger partial charge in [0.15, 0.2) is 6.61 Å². The zero-order valence-electron chi connectivity index (χ0n) is 15.7. The van der Waals surface area contributed by atoms with Gasteiger partial charge >= 0.3 is 5.97 Å². The maximum absolute atomic E-state index is 12.3. The number of nitrogens with zero attached hydrogens (tertiary/aromatic N) is 1. The number of amides is 1. The Morgan fingerprint density at radius 3 is 2.71 bits per heavy atom. The van der Waals surface area contributed by atoms with Crippen LogP contribution >= 0.6 is 11.3 Å². The van der Waals surface area contributed by atoms with E-state index in [1.165, 1.54) is 40.7 Å². The van der Waals surface area contributed by atoms with Crippen LogP contribution in [-0.2, 0) is 22.4 Å². The molecule has 3 rings (SSSR count). The van der Waals surface area contributed by atoms with E-state index < -0.39 is 23.4 Å². The Balaban J connectivity index is 1.62. The number of aryl methyl sites for hydroxylation is 3. The van der Waals surface area contributed by atoms with Crippen molar-refractivity contribution < 1.29 is 19.2 Å². The van der Waals surface area contributed by atoms with Crippen LogP contribution in [0.5, 0.6) is 0 Å². The molecule has 2 aromatic rings. The summed E-state index contributed by atoms with van der Waals surface area (Å²) in [6.45, 7) is 1.17. The second-order valence-corrected chi connectivity index (χ2v) is 7.96. The van der Waals surface area contributed by atoms with Crippen molar-refractivity contribution in [1.29, 1.82) is 0 Å². The van der Waals surface area contributed by atoms with Crippen LogP contribution in [0, 0.1) is 17.0 Å². The summed E-state index contributed by atoms with van der Waals surface area (Å²) in [6, 6.07) is 6.40. The number of carbonyl (C=O) groups excluding carboxylic acids is 2. The normalized spacial score (nSPS) is 13.8. The second kappa shape index (κ2) is 8.97. The number of fused-ring (bicyclic) bond motifs is 1. The molecule has 0 atom stereocenters. The maximum Gasteiger partial charge on any atom is 0.348 e. The summed E-state index contributed by atoms with van der Waals surface area (Å²) in [6.07, 6.45) is 6.61. The van der Waals surface area contributed by atoms with Gasteiger partial charge in [-0.2, -0.15) is 0 Å². The number of anilines is 1. The van der Waals surface area contributed by atoms with Crippen LogP contribution < -0.4 is 5.32 Å². The second-order valence-electron chi connectivity index (χ2n) is 6.82. The molecule has 148 valence electrons. The lowest BCUT2D eigenvalue weighted by atomic mass is 10.00. The molecule has 1 heterocycles. The molecule has 28 heavy (non-hydrogen) atoms. The number of nitro benzene ring substituents is 1. The van der Waals surface area contributed by atoms with Gasteiger partial charge in [-0.05, 0) is 49.8 Å². The Labute approximate surface area is 166 Å². The average molecular weight is 402 g/mol. The molecule has 0 saturated carbocycles. The van der Waals surface area contributed by atoms with Crippen LogP contribution in [0.1, 0.15) is 51.4 Å². The molecular weight excluding hydrogens is 380 g/mol. The van der Waals surface area contributed by atoms with E-state index in [-0.39, 0.29) is 11.4 Å². The van der Waals surface area contributed by atoms with E-state index >= 15 is 0 Å². The minimum absolute atomic E-state index is 0.118. The molecule has 1 aromatic carbocycles. The number of hydrogen-bond donors (Lipinski definition) is 1. The molecule has 0 spiro atoms. The first-order valence-corrected chi connectivity index (χ1v) is 10.1. The minimum Gasteiger partial charge on any atom is -0.451 e. The smallest absolute Gasteiger partial charge is 0.348 e. The Bertz CT molecular complexity index is 880. The third-order valence-electron chi connectivity index (χ3n) is 4.74. The first-order chi connectivity index (χ1) is 13.5. The van der Waals surface area contributed by atoms with Crippen molar-refractivity contribution in [3.05, 3.63) is 55.3 Å². The van der Waals surface area contributed by atoms with Crippen LogP contribution in [0.15, 0.2) is 24.3 Å². The largest absolute Gasteiger partial charge is 0.451 e. The van der Waals surface area contributed by atoms with Crippen molar-refractivity contribution in [3.8, 4) is 0 Å². The number of esters is 1. The van der Waals surface area contributed by atoms with Crippen LogP contribution in [0.25, 0.3) is 0 Å². The fourth-order valence-electron chi connectivity index (χ4n) is 3.29. The fraction of sp³-hybridized carbons (Fsp3) is 0.400. The summed E-state index contributed by atoms with van der Waals surface area (Å²) >= 11 is 1.43. The topological polar surface area (TPSA) is 98.5 Å². The highest BCUT2D eigenvalue weighted by Gasteiger charge is 2.20. The summed E-state index contributed by atoms with van der Waals surface area (Å²) in [4.78, 5) is 36.8. The summed E-state index contributed by atoms with van der Waals surface area (Å²) < 4.78 is 5.13. The number of hydrogen-bond acceptors (Lipinski definition) is 6. The van der Waals surface area contributed by atoms with E-state index in [0.29, 0.717) is 10.4 Å². The molecule has 0 unspecified atom stereocenters. The molecule has 0 aliphatic heterocycles. The van der Waals surface area contributed by atoms with Crippen molar-refractivity contribution >= 4 is 34.6 Å². The standard InChI is InChI=1S/C20H22N2O5S/c1-13-7-6-9-15(22(25)26)19(13)21-18(23)12-27-20(24)17-11-14-8-4-2-3-5-10-16(14)28-17/h6-7,9,11H,2-5,8,10,12H2,1H3,(H,21,23). The molecule has 1 N–H and O–H groups in total. The molecule has 1 aromatic heterocycles. The molecule has 1 amide bonds. The van der Waals surface area contributed by atoms with E-state index in [0.717, 1.165) is 25.7 Å². The van der Waals surface area contributed by atoms with Gasteiger partial charge in [0.2, 0.25) is 0 Å². The van der Waals surface area contributed by atoms with Gasteiger partial charge in [-0.1, -0.05) is 25.0 Å². The van der Waals surface area contributed by atoms with Gasteiger partial charge in [-0.15, -0.1) is 11.3 Å². The Morgan fingerprint density at radius 1 is 1.21 bits per heavy atom. The van der Waals surface area contributed by atoms with E-state index in [9.17, 15) is 19.7 Å². The molecule has 0 saturated heterocycles. The van der Waals surface area contributed by atoms with Gasteiger partial charge in [0.25, 0.3) is 11.6 Å². The number of ether oxygens (including phenoxy) is 1. The van der Waals surface area contributed by atoms with Crippen LogP contribution in [-0.4, -0.2) is 23.4 Å². The number of rotatable bonds is 5. The Morgan fingerprint density at radius 2 is 1.96 bits per heavy atom. The monoisotopic (exact) mass is 402 g/mol. The van der Waals surface area contributed by atoms with Crippen LogP contribution in [0.4, 0.5) is 11.4 Å². The predicted octanol–water partition coefficient (Wildman–Crippen LogP) is 4.42. The van der Waals surface area contributed by atoms with Crippen molar-refractivity contribution in [3.63, 3.8) is 0 Å². The SMILES string of the molecule is Cc1cccc([N+](=O)[O-])c1NC(=O)COC(=O)c1cc2c(s1)CCCCCC2. The van der Waals surface area contributed by atoms with Crippen LogP contribution in [0.2, 0.25) is 0 Å². The summed E-state index contributed by atoms with van der Waals surface area (Å²) in [5.41, 5.74) is 1.69. The van der Waals surface area contributed by atoms with Crippen molar-refractivity contribution in [2.75, 3.05) is 11.9 Å². The quantitative estimate of drug-likeness (QED) is 0.453. The van der Waals surface area contributed by atoms with Gasteiger partial charge in [-0.25, -0.2) is 4.79 Å². The molecule has 8 heteroatoms. The Hall–Kier alpha value is -2.74. The first kappa shape index (κ1) is 20.0. The number of para-hydroxylation sites is 1. The zero-order chi connectivity index (χ0) is 20.1. The number of benzene rings is 1. The fourth-order valence-corrected chi connectivity index (χ4v) is 4.44. The van der Waals surface area contributed by atoms with E-state index in [1.54, 1.807) is 19.1 Å². The molecule has 1 aliphatic carbocycles. The van der Waals surface area contributed by atoms with Gasteiger partial charge in [0, 0.05) is 10.9 Å². The van der Waals surface area contributed by atoms with Gasteiger partial charge < -0.3 is 10.1 Å². The van der Waals surface area contributed by atoms with Crippen LogP contribution in [0.3, 0.4) is 0 Å². The van der Waals surface area contributed by atoms with Gasteiger partial charge in [0.1, 0.15) is 10.6 Å². The molecule has 1 aliphatic rings. The third-order valence-corrected chi connectivity index (χ3v) is 5.96. The predicted molar refractivity (Wildman–Crippen MR) is 107 cm³/mol. The number of thiophene rings is 1. The highest BCUT2D eigenvalue weighted by Crippen LogP contribution is 2.29. The zero-order valence-corrected chi connectivity index (χ0v) is 16.5. The van der Waals surface area contributed by atoms with E-state index in [4.69, 9.17) is 4.74 Å². The number of nitrogens with one attached hydrogen (secondary N) is 1. The number of carbonyl (C=O) groups is 2. The molecule has 0 bridgehead atoms. The minimum atomic E-state index is -0.610. The first-order valence-electron chi connectivity index (χ1n) is 9.28. The van der Waals surface area contributed by atoms with Gasteiger partial charge in [-0.3, -0.25) is 14.9 Å². The maximum atomic E-state index is 12.3. The van der Waals surface area contributed by atoms with Crippen molar-refractivity contribution in [2.45, 2.75) is 45.4 Å². The highest BCUT2D eigenvalue weighted by atomic mass is 32.1. The van der Waals surface area contributed by atoms with Crippen molar-refractivity contribution in [2.24, 2.45) is 0 Å². The third kappa shape index (κ3) is 4.75. The lowest BCUT2D eigenvalue weighted by molar-refractivity contribution is -0.384. The van der Waals surface area contributed by atoms with E-state index in [2.05, 4.69) is 5.32 Å². The highest BCUT2D eigenvalue weighted by molar-refractivity contribution is 7.14. The summed E-state index contributed by atoms with van der Waals surface area (Å²) in [5, 5.41) is 13.6. The summed E-state index contributed by atoms with van der Waals surface area (Å²) in [7, 11) is 0.